The van der Waals surface area contributed by atoms with Gasteiger partial charge in [0, 0.05) is 19.3 Å². The van der Waals surface area contributed by atoms with E-state index < -0.39 is 12.1 Å². The zero-order valence-corrected chi connectivity index (χ0v) is 17.5. The minimum Gasteiger partial charge on any atom is -0.478 e. The van der Waals surface area contributed by atoms with Gasteiger partial charge in [-0.1, -0.05) is 26.7 Å². The molecule has 0 aromatic heterocycles. The first-order chi connectivity index (χ1) is 12.5. The van der Waals surface area contributed by atoms with Gasteiger partial charge in [0.1, 0.15) is 0 Å². The molecule has 0 saturated heterocycles. The molecule has 6 nitrogen and oxygen atoms in total. The summed E-state index contributed by atoms with van der Waals surface area (Å²) in [6.45, 7) is 7.90. The van der Waals surface area contributed by atoms with E-state index >= 15 is 0 Å². The first kappa shape index (κ1) is 25.2. The first-order valence-electron chi connectivity index (χ1n) is 9.45. The Morgan fingerprint density at radius 1 is 0.963 bits per heavy atom. The number of carbonyl (C=O) groups excluding carboxylic acids is 1. The minimum absolute atomic E-state index is 0. The van der Waals surface area contributed by atoms with Gasteiger partial charge in [-0.15, -0.1) is 12.4 Å². The van der Waals surface area contributed by atoms with Crippen molar-refractivity contribution in [1.29, 1.82) is 0 Å². The minimum atomic E-state index is -0.988. The second kappa shape index (κ2) is 14.3. The second-order valence-electron chi connectivity index (χ2n) is 6.43. The number of halogens is 1. The largest absolute Gasteiger partial charge is 0.478 e. The number of carboxylic acid groups (broad SMARTS) is 1. The van der Waals surface area contributed by atoms with Crippen LogP contribution in [0.3, 0.4) is 0 Å². The van der Waals surface area contributed by atoms with Crippen molar-refractivity contribution in [3.63, 3.8) is 0 Å². The third-order valence-electron chi connectivity index (χ3n) is 4.28. The second-order valence-corrected chi connectivity index (χ2v) is 6.43. The predicted octanol–water partition coefficient (Wildman–Crippen LogP) is 4.67. The van der Waals surface area contributed by atoms with Gasteiger partial charge in [0.2, 0.25) is 0 Å². The van der Waals surface area contributed by atoms with Gasteiger partial charge >= 0.3 is 12.1 Å². The molecule has 1 aromatic rings. The molecule has 0 heterocycles. The Bertz CT molecular complexity index is 543. The number of nitrogens with zero attached hydrogens (tertiary/aromatic N) is 2. The number of unbranched alkanes of at least 4 members (excludes halogenated alkanes) is 2. The number of ether oxygens (including phenoxy) is 1. The normalized spacial score (nSPS) is 10.4. The highest BCUT2D eigenvalue weighted by molar-refractivity contribution is 5.90. The van der Waals surface area contributed by atoms with E-state index in [9.17, 15) is 9.59 Å². The standard InChI is InChI=1S/C20H32N2O4.ClH/c1-4-6-13-22(14-7-5-2)15-8-16-26-20(25)21(3)18-11-9-17(10-12-18)19(23)24;/h9-12H,4-8,13-16H2,1-3H3,(H,23,24);1H. The molecule has 0 aliphatic rings. The van der Waals surface area contributed by atoms with E-state index in [0.717, 1.165) is 26.1 Å². The molecule has 0 saturated carbocycles. The lowest BCUT2D eigenvalue weighted by Gasteiger charge is -2.22. The third kappa shape index (κ3) is 9.63. The highest BCUT2D eigenvalue weighted by Crippen LogP contribution is 2.15. The van der Waals surface area contributed by atoms with E-state index in [0.29, 0.717) is 12.3 Å². The fourth-order valence-corrected chi connectivity index (χ4v) is 2.58. The number of hydrogen-bond donors (Lipinski definition) is 1. The van der Waals surface area contributed by atoms with E-state index in [-0.39, 0.29) is 18.0 Å². The molecular weight excluding hydrogens is 368 g/mol. The molecule has 27 heavy (non-hydrogen) atoms. The fraction of sp³-hybridized carbons (Fsp3) is 0.600. The molecule has 0 spiro atoms. The van der Waals surface area contributed by atoms with Crippen LogP contribution < -0.4 is 4.90 Å². The summed E-state index contributed by atoms with van der Waals surface area (Å²) in [5.74, 6) is -0.988. The summed E-state index contributed by atoms with van der Waals surface area (Å²) in [6.07, 6.45) is 5.13. The van der Waals surface area contributed by atoms with Crippen LogP contribution in [0.2, 0.25) is 0 Å². The lowest BCUT2D eigenvalue weighted by Crippen LogP contribution is -2.30. The molecular formula is C20H33ClN2O4. The van der Waals surface area contributed by atoms with E-state index in [1.54, 1.807) is 19.2 Å². The topological polar surface area (TPSA) is 70.1 Å². The molecule has 7 heteroatoms. The summed E-state index contributed by atoms with van der Waals surface area (Å²) >= 11 is 0. The highest BCUT2D eigenvalue weighted by Gasteiger charge is 2.13. The molecule has 0 atom stereocenters. The van der Waals surface area contributed by atoms with Gasteiger partial charge in [0.15, 0.2) is 0 Å². The van der Waals surface area contributed by atoms with Crippen LogP contribution in [0.5, 0.6) is 0 Å². The van der Waals surface area contributed by atoms with Crippen molar-refractivity contribution >= 4 is 30.2 Å². The molecule has 1 rings (SSSR count). The highest BCUT2D eigenvalue weighted by atomic mass is 35.5. The third-order valence-corrected chi connectivity index (χ3v) is 4.28. The number of carboxylic acids is 1. The van der Waals surface area contributed by atoms with Crippen LogP contribution in [0.4, 0.5) is 10.5 Å². The smallest absolute Gasteiger partial charge is 0.414 e. The Morgan fingerprint density at radius 2 is 1.48 bits per heavy atom. The number of rotatable bonds is 12. The summed E-state index contributed by atoms with van der Waals surface area (Å²) in [5.41, 5.74) is 0.794. The maximum atomic E-state index is 12.1. The number of aromatic carboxylic acids is 1. The van der Waals surface area contributed by atoms with Gasteiger partial charge in [0.25, 0.3) is 0 Å². The Balaban J connectivity index is 0.00000676. The van der Waals surface area contributed by atoms with E-state index in [1.165, 1.54) is 42.7 Å². The van der Waals surface area contributed by atoms with E-state index in [4.69, 9.17) is 9.84 Å². The van der Waals surface area contributed by atoms with Gasteiger partial charge in [-0.05, 0) is 56.6 Å². The lowest BCUT2D eigenvalue weighted by atomic mass is 10.2. The Kier molecular flexibility index (Phi) is 13.3. The molecule has 0 fully saturated rings. The van der Waals surface area contributed by atoms with Gasteiger partial charge in [-0.2, -0.15) is 0 Å². The zero-order chi connectivity index (χ0) is 19.4. The van der Waals surface area contributed by atoms with Crippen LogP contribution in [0.15, 0.2) is 24.3 Å². The number of carbonyl (C=O) groups is 2. The molecule has 154 valence electrons. The average molecular weight is 401 g/mol. The van der Waals surface area contributed by atoms with Crippen LogP contribution in [0, 0.1) is 0 Å². The van der Waals surface area contributed by atoms with Gasteiger partial charge in [-0.3, -0.25) is 4.90 Å². The molecule has 1 N–H and O–H groups in total. The Hall–Kier alpha value is -1.79. The fourth-order valence-electron chi connectivity index (χ4n) is 2.58. The number of hydrogen-bond acceptors (Lipinski definition) is 4. The molecule has 1 aromatic carbocycles. The van der Waals surface area contributed by atoms with Crippen LogP contribution >= 0.6 is 12.4 Å². The molecule has 0 bridgehead atoms. The Labute approximate surface area is 168 Å². The maximum absolute atomic E-state index is 12.1. The summed E-state index contributed by atoms with van der Waals surface area (Å²) in [5, 5.41) is 8.91. The number of benzene rings is 1. The summed E-state index contributed by atoms with van der Waals surface area (Å²) in [6, 6.07) is 6.14. The van der Waals surface area contributed by atoms with E-state index in [1.807, 2.05) is 0 Å². The van der Waals surface area contributed by atoms with Crippen molar-refractivity contribution in [1.82, 2.24) is 4.90 Å². The first-order valence-corrected chi connectivity index (χ1v) is 9.45. The van der Waals surface area contributed by atoms with Gasteiger partial charge in [0.05, 0.1) is 12.2 Å². The molecule has 0 radical (unpaired) electrons. The van der Waals surface area contributed by atoms with Crippen LogP contribution in [-0.4, -0.2) is 55.4 Å². The van der Waals surface area contributed by atoms with Crippen molar-refractivity contribution < 1.29 is 19.4 Å². The molecule has 0 aliphatic heterocycles. The van der Waals surface area contributed by atoms with Crippen LogP contribution in [-0.2, 0) is 4.74 Å². The van der Waals surface area contributed by atoms with Crippen molar-refractivity contribution in [3.05, 3.63) is 29.8 Å². The van der Waals surface area contributed by atoms with Crippen LogP contribution in [0.1, 0.15) is 56.3 Å². The van der Waals surface area contributed by atoms with Gasteiger partial charge < -0.3 is 14.7 Å². The summed E-state index contributed by atoms with van der Waals surface area (Å²) < 4.78 is 5.34. The number of anilines is 1. The van der Waals surface area contributed by atoms with Crippen LogP contribution in [0.25, 0.3) is 0 Å². The maximum Gasteiger partial charge on any atom is 0.414 e. The summed E-state index contributed by atoms with van der Waals surface area (Å²) in [4.78, 5) is 26.8. The van der Waals surface area contributed by atoms with E-state index in [2.05, 4.69) is 18.7 Å². The average Bonchev–Trinajstić information content (AvgIpc) is 2.65. The van der Waals surface area contributed by atoms with Crippen molar-refractivity contribution in [2.45, 2.75) is 46.0 Å². The lowest BCUT2D eigenvalue weighted by molar-refractivity contribution is 0.0697. The Morgan fingerprint density at radius 3 is 1.96 bits per heavy atom. The monoisotopic (exact) mass is 400 g/mol. The van der Waals surface area contributed by atoms with Gasteiger partial charge in [-0.25, -0.2) is 9.59 Å². The van der Waals surface area contributed by atoms with Crippen molar-refractivity contribution in [3.8, 4) is 0 Å². The number of amides is 1. The predicted molar refractivity (Wildman–Crippen MR) is 111 cm³/mol. The molecule has 1 amide bonds. The molecule has 0 aliphatic carbocycles. The zero-order valence-electron chi connectivity index (χ0n) is 16.6. The SMILES string of the molecule is CCCCN(CCCC)CCCOC(=O)N(C)c1ccc(C(=O)O)cc1.Cl. The quantitative estimate of drug-likeness (QED) is 0.516. The molecule has 0 unspecified atom stereocenters. The van der Waals surface area contributed by atoms with Crippen molar-refractivity contribution in [2.24, 2.45) is 0 Å². The van der Waals surface area contributed by atoms with Crippen molar-refractivity contribution in [2.75, 3.05) is 38.2 Å². The summed E-state index contributed by atoms with van der Waals surface area (Å²) in [7, 11) is 1.62.